The third-order valence-corrected chi connectivity index (χ3v) is 7.80. The molecular formula is C32H32N6O7. The average molecular weight is 613 g/mol. The standard InChI is InChI=1S/C32H32N6O7/c1-37-32(42)35-29(36-37)31(41)38-13-12-27-25(17-38)34-30(40)21-8-11-26(43-2)24(15-21)20-4-3-5-23(14-20)44-18-28(39)33-16-19-6-9-22(45-27)10-7-19/h3-11,14-15,25,27H,12-13,16-18H2,1-2H3,(H,33,39)(H,34,40)(H,35,36,42)/t25-,27-/m1/s1. The maximum absolute atomic E-state index is 13.7. The molecule has 2 atom stereocenters. The Morgan fingerprint density at radius 3 is 2.58 bits per heavy atom. The van der Waals surface area contributed by atoms with E-state index in [0.717, 1.165) is 15.8 Å². The fourth-order valence-electron chi connectivity index (χ4n) is 5.38. The van der Waals surface area contributed by atoms with E-state index >= 15 is 0 Å². The lowest BCUT2D eigenvalue weighted by Gasteiger charge is -2.38. The minimum atomic E-state index is -0.600. The van der Waals surface area contributed by atoms with Crippen molar-refractivity contribution in [2.24, 2.45) is 7.05 Å². The van der Waals surface area contributed by atoms with Gasteiger partial charge in [-0.05, 0) is 53.6 Å². The third kappa shape index (κ3) is 6.51. The third-order valence-electron chi connectivity index (χ3n) is 7.80. The van der Waals surface area contributed by atoms with Crippen molar-refractivity contribution in [2.45, 2.75) is 25.1 Å². The number of rotatable bonds is 2. The Balaban J connectivity index is 1.34. The van der Waals surface area contributed by atoms with Crippen LogP contribution in [0.3, 0.4) is 0 Å². The Kier molecular flexibility index (Phi) is 8.23. The highest BCUT2D eigenvalue weighted by molar-refractivity contribution is 5.96. The van der Waals surface area contributed by atoms with Gasteiger partial charge in [-0.2, -0.15) is 0 Å². The van der Waals surface area contributed by atoms with Gasteiger partial charge in [0.15, 0.2) is 6.61 Å². The number of H-pyrrole nitrogens is 1. The lowest BCUT2D eigenvalue weighted by molar-refractivity contribution is -0.123. The van der Waals surface area contributed by atoms with Crippen molar-refractivity contribution in [3.8, 4) is 28.4 Å². The van der Waals surface area contributed by atoms with E-state index in [1.54, 1.807) is 55.6 Å². The first kappa shape index (κ1) is 29.5. The summed E-state index contributed by atoms with van der Waals surface area (Å²) in [7, 11) is 3.00. The molecule has 13 heteroatoms. The number of methoxy groups -OCH3 is 1. The Bertz CT molecular complexity index is 1800. The summed E-state index contributed by atoms with van der Waals surface area (Å²) in [5.74, 6) is 0.440. The summed E-state index contributed by atoms with van der Waals surface area (Å²) in [6.07, 6.45) is -0.0601. The van der Waals surface area contributed by atoms with Crippen LogP contribution in [0.4, 0.5) is 0 Å². The summed E-state index contributed by atoms with van der Waals surface area (Å²) < 4.78 is 18.7. The fourth-order valence-corrected chi connectivity index (χ4v) is 5.38. The summed E-state index contributed by atoms with van der Waals surface area (Å²) >= 11 is 0. The van der Waals surface area contributed by atoms with Gasteiger partial charge < -0.3 is 29.7 Å². The molecule has 3 aliphatic rings. The smallest absolute Gasteiger partial charge is 0.343 e. The highest BCUT2D eigenvalue weighted by atomic mass is 16.5. The van der Waals surface area contributed by atoms with Crippen molar-refractivity contribution < 1.29 is 28.6 Å². The molecule has 45 heavy (non-hydrogen) atoms. The summed E-state index contributed by atoms with van der Waals surface area (Å²) in [6, 6.07) is 19.0. The molecule has 1 saturated heterocycles. The van der Waals surface area contributed by atoms with Crippen LogP contribution in [0, 0.1) is 0 Å². The Morgan fingerprint density at radius 2 is 1.82 bits per heavy atom. The summed E-state index contributed by atoms with van der Waals surface area (Å²) in [6.45, 7) is 0.592. The highest BCUT2D eigenvalue weighted by Gasteiger charge is 2.35. The van der Waals surface area contributed by atoms with Crippen molar-refractivity contribution >= 4 is 17.7 Å². The number of benzene rings is 3. The molecule has 7 rings (SSSR count). The van der Waals surface area contributed by atoms with Crippen molar-refractivity contribution in [1.29, 1.82) is 0 Å². The topological polar surface area (TPSA) is 157 Å². The van der Waals surface area contributed by atoms with E-state index in [4.69, 9.17) is 14.2 Å². The molecule has 232 valence electrons. The second-order valence-electron chi connectivity index (χ2n) is 10.8. The Hall–Kier alpha value is -5.59. The van der Waals surface area contributed by atoms with Crippen molar-refractivity contribution in [1.82, 2.24) is 30.3 Å². The number of likely N-dealkylation sites (tertiary alicyclic amines) is 1. The second-order valence-corrected chi connectivity index (χ2v) is 10.8. The number of ether oxygens (including phenoxy) is 3. The van der Waals surface area contributed by atoms with Gasteiger partial charge in [-0.15, -0.1) is 5.10 Å². The first-order chi connectivity index (χ1) is 21.8. The van der Waals surface area contributed by atoms with Crippen molar-refractivity contribution in [2.75, 3.05) is 26.8 Å². The number of fused-ring (bicyclic) bond motifs is 7. The SMILES string of the molecule is COc1ccc2cc1-c1cccc(c1)OCC(=O)NCc1ccc(cc1)O[C@@H]1CCN(C(=O)c3nn(C)c(=O)[nH]3)C[C@H]1NC2=O. The summed E-state index contributed by atoms with van der Waals surface area (Å²) in [4.78, 5) is 55.4. The van der Waals surface area contributed by atoms with Gasteiger partial charge in [0.25, 0.3) is 17.7 Å². The number of hydrogen-bond donors (Lipinski definition) is 3. The summed E-state index contributed by atoms with van der Waals surface area (Å²) in [5, 5.41) is 9.93. The maximum Gasteiger partial charge on any atom is 0.343 e. The second kappa shape index (κ2) is 12.6. The predicted octanol–water partition coefficient (Wildman–Crippen LogP) is 1.88. The number of nitrogens with one attached hydrogen (secondary N) is 3. The van der Waals surface area contributed by atoms with Crippen LogP contribution < -0.4 is 30.5 Å². The minimum Gasteiger partial charge on any atom is -0.496 e. The van der Waals surface area contributed by atoms with Gasteiger partial charge >= 0.3 is 5.69 Å². The number of aromatic nitrogens is 3. The van der Waals surface area contributed by atoms with Crippen molar-refractivity contribution in [3.05, 3.63) is 94.2 Å². The molecule has 3 aliphatic heterocycles. The van der Waals surface area contributed by atoms with Crippen LogP contribution in [-0.4, -0.2) is 76.3 Å². The van der Waals surface area contributed by atoms with E-state index < -0.39 is 23.7 Å². The normalized spacial score (nSPS) is 18.5. The zero-order valence-electron chi connectivity index (χ0n) is 24.7. The van der Waals surface area contributed by atoms with Gasteiger partial charge in [-0.1, -0.05) is 24.3 Å². The quantitative estimate of drug-likeness (QED) is 0.310. The molecule has 4 heterocycles. The van der Waals surface area contributed by atoms with Gasteiger partial charge in [0, 0.05) is 44.2 Å². The van der Waals surface area contributed by atoms with Gasteiger partial charge in [0.05, 0.1) is 13.2 Å². The molecule has 1 fully saturated rings. The van der Waals surface area contributed by atoms with Gasteiger partial charge in [-0.25, -0.2) is 9.48 Å². The average Bonchev–Trinajstić information content (AvgIpc) is 3.40. The number of piperidine rings is 1. The molecule has 0 unspecified atom stereocenters. The van der Waals surface area contributed by atoms with E-state index in [9.17, 15) is 19.2 Å². The van der Waals surface area contributed by atoms with E-state index in [2.05, 4.69) is 20.7 Å². The lowest BCUT2D eigenvalue weighted by Crippen LogP contribution is -2.58. The van der Waals surface area contributed by atoms with Crippen LogP contribution in [0.1, 0.15) is 33.0 Å². The molecule has 0 spiro atoms. The Morgan fingerprint density at radius 1 is 1.00 bits per heavy atom. The molecule has 3 aromatic carbocycles. The van der Waals surface area contributed by atoms with Gasteiger partial charge in [0.1, 0.15) is 23.4 Å². The highest BCUT2D eigenvalue weighted by Crippen LogP contribution is 2.33. The molecule has 0 aliphatic carbocycles. The molecule has 3 amide bonds. The molecule has 13 nitrogen and oxygen atoms in total. The first-order valence-corrected chi connectivity index (χ1v) is 14.4. The first-order valence-electron chi connectivity index (χ1n) is 14.4. The maximum atomic E-state index is 13.7. The van der Waals surface area contributed by atoms with Crippen LogP contribution in [0.15, 0.2) is 71.5 Å². The molecular weight excluding hydrogens is 580 g/mol. The zero-order chi connectivity index (χ0) is 31.5. The van der Waals surface area contributed by atoms with Crippen LogP contribution in [0.5, 0.6) is 17.2 Å². The van der Waals surface area contributed by atoms with Gasteiger partial charge in [0.2, 0.25) is 5.82 Å². The van der Waals surface area contributed by atoms with Crippen LogP contribution in [0.25, 0.3) is 11.1 Å². The number of nitrogens with zero attached hydrogens (tertiary/aromatic N) is 3. The van der Waals surface area contributed by atoms with Crippen LogP contribution in [-0.2, 0) is 18.4 Å². The van der Waals surface area contributed by atoms with E-state index in [1.807, 2.05) is 18.2 Å². The molecule has 0 saturated carbocycles. The number of carbonyl (C=O) groups is 3. The number of amides is 3. The van der Waals surface area contributed by atoms with Gasteiger partial charge in [-0.3, -0.25) is 19.4 Å². The molecule has 1 aromatic heterocycles. The summed E-state index contributed by atoms with van der Waals surface area (Å²) in [5.41, 5.74) is 2.12. The number of carbonyl (C=O) groups excluding carboxylic acids is 3. The number of aryl methyl sites for hydroxylation is 1. The molecule has 0 radical (unpaired) electrons. The minimum absolute atomic E-state index is 0.0752. The van der Waals surface area contributed by atoms with Crippen LogP contribution >= 0.6 is 0 Å². The molecule has 6 bridgehead atoms. The number of aromatic amines is 1. The Labute approximate surface area is 258 Å². The molecule has 3 N–H and O–H groups in total. The largest absolute Gasteiger partial charge is 0.496 e. The fraction of sp³-hybridized carbons (Fsp3) is 0.281. The van der Waals surface area contributed by atoms with Crippen molar-refractivity contribution in [3.63, 3.8) is 0 Å². The molecule has 4 aromatic rings. The lowest BCUT2D eigenvalue weighted by atomic mass is 9.99. The predicted molar refractivity (Wildman–Crippen MR) is 162 cm³/mol. The monoisotopic (exact) mass is 612 g/mol. The van der Waals surface area contributed by atoms with E-state index in [0.29, 0.717) is 47.9 Å². The zero-order valence-corrected chi connectivity index (χ0v) is 24.7. The van der Waals surface area contributed by atoms with E-state index in [-0.39, 0.29) is 30.8 Å². The van der Waals surface area contributed by atoms with Crippen LogP contribution in [0.2, 0.25) is 0 Å². The number of hydrogen-bond acceptors (Lipinski definition) is 8. The van der Waals surface area contributed by atoms with E-state index in [1.165, 1.54) is 11.9 Å².